The molecule has 2 unspecified atom stereocenters. The molecule has 2 heterocycles. The average Bonchev–Trinajstić information content (AvgIpc) is 2.77. The predicted octanol–water partition coefficient (Wildman–Crippen LogP) is 2.88. The van der Waals surface area contributed by atoms with Crippen LogP contribution in [0.1, 0.15) is 29.8 Å². The van der Waals surface area contributed by atoms with Crippen LogP contribution in [0.25, 0.3) is 0 Å². The molecule has 1 aliphatic rings. The molecule has 0 bridgehead atoms. The Morgan fingerprint density at radius 2 is 2.41 bits per heavy atom. The molecule has 2 rings (SSSR count). The van der Waals surface area contributed by atoms with Crippen molar-refractivity contribution in [2.75, 3.05) is 25.4 Å². The maximum atomic E-state index is 6.01. The second kappa shape index (κ2) is 6.23. The van der Waals surface area contributed by atoms with Gasteiger partial charge in [0.05, 0.1) is 6.04 Å². The van der Waals surface area contributed by atoms with E-state index in [2.05, 4.69) is 42.0 Å². The van der Waals surface area contributed by atoms with Crippen LogP contribution in [0.5, 0.6) is 0 Å². The number of thioether (sulfide) groups is 1. The van der Waals surface area contributed by atoms with Gasteiger partial charge in [-0.2, -0.15) is 11.8 Å². The van der Waals surface area contributed by atoms with Crippen LogP contribution in [0, 0.1) is 6.92 Å². The van der Waals surface area contributed by atoms with E-state index >= 15 is 0 Å². The first-order chi connectivity index (χ1) is 8.26. The third-order valence-corrected chi connectivity index (χ3v) is 5.99. The van der Waals surface area contributed by atoms with Gasteiger partial charge in [0.2, 0.25) is 0 Å². The Bertz CT molecular complexity index is 351. The smallest absolute Gasteiger partial charge is 0.0567 e. The van der Waals surface area contributed by atoms with Crippen LogP contribution < -0.4 is 5.73 Å². The summed E-state index contributed by atoms with van der Waals surface area (Å²) < 4.78 is 0. The Labute approximate surface area is 113 Å². The van der Waals surface area contributed by atoms with E-state index in [9.17, 15) is 0 Å². The molecule has 17 heavy (non-hydrogen) atoms. The van der Waals surface area contributed by atoms with E-state index in [-0.39, 0.29) is 0 Å². The molecular formula is C13H22N2S2. The molecule has 4 heteroatoms. The van der Waals surface area contributed by atoms with Gasteiger partial charge in [0.25, 0.3) is 0 Å². The molecule has 0 aliphatic carbocycles. The highest BCUT2D eigenvalue weighted by Gasteiger charge is 2.27. The van der Waals surface area contributed by atoms with Crippen molar-refractivity contribution in [2.45, 2.75) is 31.6 Å². The van der Waals surface area contributed by atoms with E-state index in [1.165, 1.54) is 35.7 Å². The highest BCUT2D eigenvalue weighted by atomic mass is 32.2. The summed E-state index contributed by atoms with van der Waals surface area (Å²) in [4.78, 5) is 4.05. The van der Waals surface area contributed by atoms with Gasteiger partial charge in [-0.1, -0.05) is 6.92 Å². The van der Waals surface area contributed by atoms with Crippen LogP contribution in [-0.2, 0) is 0 Å². The fourth-order valence-electron chi connectivity index (χ4n) is 2.42. The molecule has 2 atom stereocenters. The Morgan fingerprint density at radius 1 is 1.59 bits per heavy atom. The second-order valence-corrected chi connectivity index (χ2v) is 6.97. The van der Waals surface area contributed by atoms with Crippen molar-refractivity contribution in [3.8, 4) is 0 Å². The van der Waals surface area contributed by atoms with E-state index in [1.807, 2.05) is 11.3 Å². The zero-order valence-corrected chi connectivity index (χ0v) is 12.3. The molecule has 0 amide bonds. The van der Waals surface area contributed by atoms with E-state index in [4.69, 9.17) is 5.73 Å². The standard InChI is InChI=1S/C13H22N2S2/c1-3-11-9-15(5-7-16-11)12(8-14)13-10(2)4-6-17-13/h4,6,11-12H,3,5,7-9,14H2,1-2H3. The van der Waals surface area contributed by atoms with Gasteiger partial charge in [0, 0.05) is 35.5 Å². The lowest BCUT2D eigenvalue weighted by atomic mass is 10.1. The van der Waals surface area contributed by atoms with Gasteiger partial charge >= 0.3 is 0 Å². The number of nitrogens with two attached hydrogens (primary N) is 1. The molecule has 0 radical (unpaired) electrons. The summed E-state index contributed by atoms with van der Waals surface area (Å²) in [5.41, 5.74) is 7.41. The minimum absolute atomic E-state index is 0.435. The summed E-state index contributed by atoms with van der Waals surface area (Å²) in [5.74, 6) is 1.25. The highest BCUT2D eigenvalue weighted by Crippen LogP contribution is 2.32. The Balaban J connectivity index is 2.10. The van der Waals surface area contributed by atoms with Crippen molar-refractivity contribution in [3.63, 3.8) is 0 Å². The molecule has 0 saturated carbocycles. The number of aryl methyl sites for hydroxylation is 1. The quantitative estimate of drug-likeness (QED) is 0.912. The minimum atomic E-state index is 0.435. The monoisotopic (exact) mass is 270 g/mol. The molecule has 1 aliphatic heterocycles. The number of hydrogen-bond donors (Lipinski definition) is 1. The lowest BCUT2D eigenvalue weighted by Gasteiger charge is -2.37. The summed E-state index contributed by atoms with van der Waals surface area (Å²) in [6.45, 7) is 7.60. The summed E-state index contributed by atoms with van der Waals surface area (Å²) in [6.07, 6.45) is 1.27. The van der Waals surface area contributed by atoms with Crippen molar-refractivity contribution in [2.24, 2.45) is 5.73 Å². The normalized spacial score (nSPS) is 23.8. The summed E-state index contributed by atoms with van der Waals surface area (Å²) >= 11 is 3.97. The molecule has 1 aromatic rings. The van der Waals surface area contributed by atoms with Gasteiger partial charge in [-0.15, -0.1) is 11.3 Å². The topological polar surface area (TPSA) is 29.3 Å². The number of hydrogen-bond acceptors (Lipinski definition) is 4. The van der Waals surface area contributed by atoms with Crippen LogP contribution in [0.15, 0.2) is 11.4 Å². The number of nitrogens with zero attached hydrogens (tertiary/aromatic N) is 1. The van der Waals surface area contributed by atoms with Gasteiger partial charge in [0.15, 0.2) is 0 Å². The first-order valence-electron chi connectivity index (χ1n) is 6.36. The third-order valence-electron chi connectivity index (χ3n) is 3.49. The van der Waals surface area contributed by atoms with Crippen LogP contribution in [0.4, 0.5) is 0 Å². The molecule has 96 valence electrons. The van der Waals surface area contributed by atoms with Crippen LogP contribution in [0.2, 0.25) is 0 Å². The fourth-order valence-corrected chi connectivity index (χ4v) is 4.70. The lowest BCUT2D eigenvalue weighted by Crippen LogP contribution is -2.42. The van der Waals surface area contributed by atoms with Crippen molar-refractivity contribution in [3.05, 3.63) is 21.9 Å². The largest absolute Gasteiger partial charge is 0.329 e. The molecule has 1 aromatic heterocycles. The molecule has 1 saturated heterocycles. The molecule has 0 spiro atoms. The Hall–Kier alpha value is -0.0300. The van der Waals surface area contributed by atoms with Gasteiger partial charge in [0.1, 0.15) is 0 Å². The minimum Gasteiger partial charge on any atom is -0.329 e. The van der Waals surface area contributed by atoms with Gasteiger partial charge in [-0.05, 0) is 30.4 Å². The predicted molar refractivity (Wildman–Crippen MR) is 79.0 cm³/mol. The second-order valence-electron chi connectivity index (χ2n) is 4.62. The van der Waals surface area contributed by atoms with Crippen molar-refractivity contribution in [1.82, 2.24) is 4.90 Å². The summed E-state index contributed by atoms with van der Waals surface area (Å²) in [7, 11) is 0. The van der Waals surface area contributed by atoms with E-state index < -0.39 is 0 Å². The maximum Gasteiger partial charge on any atom is 0.0567 e. The van der Waals surface area contributed by atoms with Gasteiger partial charge < -0.3 is 5.73 Å². The van der Waals surface area contributed by atoms with Crippen molar-refractivity contribution in [1.29, 1.82) is 0 Å². The van der Waals surface area contributed by atoms with Crippen molar-refractivity contribution >= 4 is 23.1 Å². The van der Waals surface area contributed by atoms with Crippen molar-refractivity contribution < 1.29 is 0 Å². The lowest BCUT2D eigenvalue weighted by molar-refractivity contribution is 0.210. The SMILES string of the molecule is CCC1CN(C(CN)c2sccc2C)CCS1. The van der Waals surface area contributed by atoms with E-state index in [0.717, 1.165) is 11.8 Å². The third kappa shape index (κ3) is 3.05. The molecular weight excluding hydrogens is 248 g/mol. The molecule has 2 nitrogen and oxygen atoms in total. The summed E-state index contributed by atoms with van der Waals surface area (Å²) in [6, 6.07) is 2.64. The van der Waals surface area contributed by atoms with Gasteiger partial charge in [-0.25, -0.2) is 0 Å². The molecule has 2 N–H and O–H groups in total. The maximum absolute atomic E-state index is 6.01. The van der Waals surface area contributed by atoms with Crippen LogP contribution in [-0.4, -0.2) is 35.5 Å². The van der Waals surface area contributed by atoms with Crippen LogP contribution in [0.3, 0.4) is 0 Å². The average molecular weight is 270 g/mol. The Morgan fingerprint density at radius 3 is 3.00 bits per heavy atom. The van der Waals surface area contributed by atoms with E-state index in [0.29, 0.717) is 6.04 Å². The number of rotatable bonds is 4. The number of thiophene rings is 1. The first-order valence-corrected chi connectivity index (χ1v) is 8.28. The Kier molecular flexibility index (Phi) is 4.91. The first kappa shape index (κ1) is 13.4. The van der Waals surface area contributed by atoms with Gasteiger partial charge in [-0.3, -0.25) is 4.90 Å². The summed E-state index contributed by atoms with van der Waals surface area (Å²) in [5, 5.41) is 2.97. The van der Waals surface area contributed by atoms with E-state index in [1.54, 1.807) is 0 Å². The van der Waals surface area contributed by atoms with Crippen LogP contribution >= 0.6 is 23.1 Å². The zero-order valence-electron chi connectivity index (χ0n) is 10.7. The molecule has 0 aromatic carbocycles. The molecule has 1 fully saturated rings. The zero-order chi connectivity index (χ0) is 12.3. The highest BCUT2D eigenvalue weighted by molar-refractivity contribution is 8.00. The fraction of sp³-hybridized carbons (Fsp3) is 0.692.